The largest absolute Gasteiger partial charge is 0.319 e. The lowest BCUT2D eigenvalue weighted by molar-refractivity contribution is 0.406. The molecule has 1 atom stereocenters. The molecule has 0 amide bonds. The van der Waals surface area contributed by atoms with Crippen LogP contribution in [0.3, 0.4) is 0 Å². The normalized spacial score (nSPS) is 14.5. The number of benzene rings is 1. The molecule has 0 aliphatic carbocycles. The molecule has 0 fully saturated rings. The van der Waals surface area contributed by atoms with E-state index in [0.717, 1.165) is 13.0 Å². The number of aryl methyl sites for hydroxylation is 2. The monoisotopic (exact) mass is 217 g/mol. The van der Waals surface area contributed by atoms with Gasteiger partial charge in [-0.25, -0.2) is 0 Å². The van der Waals surface area contributed by atoms with E-state index in [1.807, 2.05) is 7.05 Å². The minimum atomic E-state index is 0.134. The Kier molecular flexibility index (Phi) is 4.31. The summed E-state index contributed by atoms with van der Waals surface area (Å²) in [5.41, 5.74) is 4.21. The van der Waals surface area contributed by atoms with Gasteiger partial charge in [-0.1, -0.05) is 42.3 Å². The van der Waals surface area contributed by atoms with Gasteiger partial charge < -0.3 is 5.32 Å². The topological polar surface area (TPSA) is 12.0 Å². The summed E-state index contributed by atoms with van der Waals surface area (Å²) < 4.78 is 0. The first-order chi connectivity index (χ1) is 7.49. The molecule has 16 heavy (non-hydrogen) atoms. The van der Waals surface area contributed by atoms with Crippen molar-refractivity contribution in [2.24, 2.45) is 5.41 Å². The standard InChI is InChI=1S/C15H23N/c1-6-15(4,11-16-5)10-14-8-12(2)7-13(3)9-14/h6-9,16H,1,10-11H2,2-5H3. The van der Waals surface area contributed by atoms with Crippen LogP contribution in [0.1, 0.15) is 23.6 Å². The number of hydrogen-bond donors (Lipinski definition) is 1. The fourth-order valence-corrected chi connectivity index (χ4v) is 2.25. The lowest BCUT2D eigenvalue weighted by Gasteiger charge is -2.25. The average molecular weight is 217 g/mol. The Morgan fingerprint density at radius 3 is 2.25 bits per heavy atom. The van der Waals surface area contributed by atoms with E-state index in [4.69, 9.17) is 0 Å². The number of rotatable bonds is 5. The van der Waals surface area contributed by atoms with Crippen LogP contribution in [-0.4, -0.2) is 13.6 Å². The summed E-state index contributed by atoms with van der Waals surface area (Å²) in [5.74, 6) is 0. The summed E-state index contributed by atoms with van der Waals surface area (Å²) in [7, 11) is 1.99. The molecule has 1 aromatic rings. The van der Waals surface area contributed by atoms with E-state index in [0.29, 0.717) is 0 Å². The predicted octanol–water partition coefficient (Wildman–Crippen LogP) is 3.26. The second-order valence-corrected chi connectivity index (χ2v) is 5.06. The summed E-state index contributed by atoms with van der Waals surface area (Å²) in [6.45, 7) is 11.5. The third-order valence-electron chi connectivity index (χ3n) is 2.96. The van der Waals surface area contributed by atoms with E-state index in [2.05, 4.69) is 56.9 Å². The average Bonchev–Trinajstić information content (AvgIpc) is 2.16. The molecule has 1 rings (SSSR count). The van der Waals surface area contributed by atoms with E-state index in [9.17, 15) is 0 Å². The Balaban J connectivity index is 2.89. The lowest BCUT2D eigenvalue weighted by Crippen LogP contribution is -2.29. The van der Waals surface area contributed by atoms with E-state index >= 15 is 0 Å². The summed E-state index contributed by atoms with van der Waals surface area (Å²) in [6, 6.07) is 6.75. The van der Waals surface area contributed by atoms with Gasteiger partial charge in [0.1, 0.15) is 0 Å². The number of hydrogen-bond acceptors (Lipinski definition) is 1. The van der Waals surface area contributed by atoms with Gasteiger partial charge in [-0.15, -0.1) is 6.58 Å². The van der Waals surface area contributed by atoms with Gasteiger partial charge in [-0.3, -0.25) is 0 Å². The van der Waals surface area contributed by atoms with Crippen LogP contribution < -0.4 is 5.32 Å². The summed E-state index contributed by atoms with van der Waals surface area (Å²) in [4.78, 5) is 0. The maximum Gasteiger partial charge on any atom is 0.00400 e. The van der Waals surface area contributed by atoms with Crippen molar-refractivity contribution in [2.45, 2.75) is 27.2 Å². The SMILES string of the molecule is C=CC(C)(CNC)Cc1cc(C)cc(C)c1. The minimum absolute atomic E-state index is 0.134. The lowest BCUT2D eigenvalue weighted by atomic mass is 9.83. The van der Waals surface area contributed by atoms with Gasteiger partial charge in [-0.05, 0) is 32.9 Å². The molecule has 1 nitrogen and oxygen atoms in total. The Morgan fingerprint density at radius 1 is 1.25 bits per heavy atom. The van der Waals surface area contributed by atoms with Gasteiger partial charge in [0.25, 0.3) is 0 Å². The minimum Gasteiger partial charge on any atom is -0.319 e. The fraction of sp³-hybridized carbons (Fsp3) is 0.467. The zero-order valence-electron chi connectivity index (χ0n) is 10.9. The van der Waals surface area contributed by atoms with Crippen LogP contribution >= 0.6 is 0 Å². The zero-order valence-corrected chi connectivity index (χ0v) is 10.9. The maximum absolute atomic E-state index is 3.95. The van der Waals surface area contributed by atoms with Gasteiger partial charge >= 0.3 is 0 Å². The maximum atomic E-state index is 3.95. The molecule has 0 spiro atoms. The third-order valence-corrected chi connectivity index (χ3v) is 2.96. The molecular weight excluding hydrogens is 194 g/mol. The van der Waals surface area contributed by atoms with Crippen molar-refractivity contribution in [1.82, 2.24) is 5.32 Å². The van der Waals surface area contributed by atoms with Gasteiger partial charge in [-0.2, -0.15) is 0 Å². The molecule has 1 N–H and O–H groups in total. The Labute approximate surface area is 99.6 Å². The van der Waals surface area contributed by atoms with Crippen LogP contribution in [0.2, 0.25) is 0 Å². The van der Waals surface area contributed by atoms with Gasteiger partial charge in [0.15, 0.2) is 0 Å². The van der Waals surface area contributed by atoms with E-state index < -0.39 is 0 Å². The predicted molar refractivity (Wildman–Crippen MR) is 71.9 cm³/mol. The fourth-order valence-electron chi connectivity index (χ4n) is 2.25. The molecular formula is C15H23N. The molecule has 0 bridgehead atoms. The molecule has 0 radical (unpaired) electrons. The van der Waals surface area contributed by atoms with Crippen LogP contribution in [0.5, 0.6) is 0 Å². The van der Waals surface area contributed by atoms with E-state index in [1.165, 1.54) is 16.7 Å². The molecule has 0 aliphatic heterocycles. The quantitative estimate of drug-likeness (QED) is 0.746. The highest BCUT2D eigenvalue weighted by atomic mass is 14.8. The van der Waals surface area contributed by atoms with Gasteiger partial charge in [0.05, 0.1) is 0 Å². The molecule has 0 aliphatic rings. The van der Waals surface area contributed by atoms with Crippen molar-refractivity contribution in [3.63, 3.8) is 0 Å². The molecule has 0 heterocycles. The van der Waals surface area contributed by atoms with Crippen molar-refractivity contribution in [1.29, 1.82) is 0 Å². The van der Waals surface area contributed by atoms with Crippen LogP contribution in [0, 0.1) is 19.3 Å². The van der Waals surface area contributed by atoms with Crippen LogP contribution in [0.4, 0.5) is 0 Å². The summed E-state index contributed by atoms with van der Waals surface area (Å²) in [6.07, 6.45) is 3.10. The van der Waals surface area contributed by atoms with Crippen LogP contribution in [-0.2, 0) is 6.42 Å². The molecule has 0 aromatic heterocycles. The Hall–Kier alpha value is -1.08. The highest BCUT2D eigenvalue weighted by Gasteiger charge is 2.19. The molecule has 0 saturated carbocycles. The third kappa shape index (κ3) is 3.49. The molecule has 1 unspecified atom stereocenters. The zero-order chi connectivity index (χ0) is 12.2. The number of nitrogens with one attached hydrogen (secondary N) is 1. The first kappa shape index (κ1) is 13.0. The second kappa shape index (κ2) is 5.31. The Morgan fingerprint density at radius 2 is 1.81 bits per heavy atom. The first-order valence-electron chi connectivity index (χ1n) is 5.84. The molecule has 1 heteroatoms. The van der Waals surface area contributed by atoms with Gasteiger partial charge in [0, 0.05) is 12.0 Å². The highest BCUT2D eigenvalue weighted by Crippen LogP contribution is 2.24. The summed E-state index contributed by atoms with van der Waals surface area (Å²) >= 11 is 0. The highest BCUT2D eigenvalue weighted by molar-refractivity contribution is 5.29. The van der Waals surface area contributed by atoms with Crippen LogP contribution in [0.15, 0.2) is 30.9 Å². The van der Waals surface area contributed by atoms with Gasteiger partial charge in [0.2, 0.25) is 0 Å². The van der Waals surface area contributed by atoms with Crippen molar-refractivity contribution in [3.05, 3.63) is 47.5 Å². The molecule has 88 valence electrons. The van der Waals surface area contributed by atoms with E-state index in [1.54, 1.807) is 0 Å². The van der Waals surface area contributed by atoms with Crippen molar-refractivity contribution in [3.8, 4) is 0 Å². The molecule has 0 saturated heterocycles. The van der Waals surface area contributed by atoms with Crippen molar-refractivity contribution < 1.29 is 0 Å². The van der Waals surface area contributed by atoms with E-state index in [-0.39, 0.29) is 5.41 Å². The van der Waals surface area contributed by atoms with Crippen molar-refractivity contribution >= 4 is 0 Å². The first-order valence-corrected chi connectivity index (χ1v) is 5.84. The molecule has 1 aromatic carbocycles. The second-order valence-electron chi connectivity index (χ2n) is 5.06. The Bertz CT molecular complexity index is 347. The summed E-state index contributed by atoms with van der Waals surface area (Å²) in [5, 5.41) is 3.24. The van der Waals surface area contributed by atoms with Crippen molar-refractivity contribution in [2.75, 3.05) is 13.6 Å². The smallest absolute Gasteiger partial charge is 0.00400 e. The van der Waals surface area contributed by atoms with Crippen LogP contribution in [0.25, 0.3) is 0 Å².